The predicted octanol–water partition coefficient (Wildman–Crippen LogP) is 3.30. The van der Waals surface area contributed by atoms with Crippen LogP contribution >= 0.6 is 0 Å². The van der Waals surface area contributed by atoms with Crippen LogP contribution in [-0.4, -0.2) is 40.3 Å². The first-order valence-corrected chi connectivity index (χ1v) is 9.16. The summed E-state index contributed by atoms with van der Waals surface area (Å²) in [5, 5.41) is 4.26. The van der Waals surface area contributed by atoms with Crippen LogP contribution in [0.25, 0.3) is 0 Å². The molecule has 1 saturated heterocycles. The molecule has 1 aliphatic heterocycles. The molecule has 0 aliphatic carbocycles. The molecule has 1 aromatic carbocycles. The van der Waals surface area contributed by atoms with E-state index in [0.717, 1.165) is 50.1 Å². The molecule has 1 unspecified atom stereocenters. The SMILES string of the molecule is COc1cccc(CCC(=O)N2CCCCC2CCn2cccn2)c1. The van der Waals surface area contributed by atoms with E-state index in [1.54, 1.807) is 13.3 Å². The Morgan fingerprint density at radius 3 is 3.04 bits per heavy atom. The maximum absolute atomic E-state index is 12.8. The number of benzene rings is 1. The van der Waals surface area contributed by atoms with Crippen LogP contribution in [0.3, 0.4) is 0 Å². The first kappa shape index (κ1) is 17.5. The summed E-state index contributed by atoms with van der Waals surface area (Å²) >= 11 is 0. The van der Waals surface area contributed by atoms with Crippen molar-refractivity contribution in [3.63, 3.8) is 0 Å². The van der Waals surface area contributed by atoms with Gasteiger partial charge in [0, 0.05) is 37.9 Å². The minimum Gasteiger partial charge on any atom is -0.497 e. The van der Waals surface area contributed by atoms with Gasteiger partial charge in [-0.05, 0) is 55.9 Å². The van der Waals surface area contributed by atoms with Crippen molar-refractivity contribution < 1.29 is 9.53 Å². The van der Waals surface area contributed by atoms with Gasteiger partial charge in [-0.15, -0.1) is 0 Å². The van der Waals surface area contributed by atoms with Gasteiger partial charge in [-0.3, -0.25) is 9.48 Å². The highest BCUT2D eigenvalue weighted by Crippen LogP contribution is 2.22. The number of nitrogens with zero attached hydrogens (tertiary/aromatic N) is 3. The largest absolute Gasteiger partial charge is 0.497 e. The number of hydrogen-bond donors (Lipinski definition) is 0. The molecule has 1 fully saturated rings. The minimum atomic E-state index is 0.271. The van der Waals surface area contributed by atoms with Gasteiger partial charge < -0.3 is 9.64 Å². The van der Waals surface area contributed by atoms with E-state index in [0.29, 0.717) is 12.5 Å². The molecule has 0 spiro atoms. The first-order valence-electron chi connectivity index (χ1n) is 9.16. The molecule has 1 atom stereocenters. The second-order valence-electron chi connectivity index (χ2n) is 6.65. The van der Waals surface area contributed by atoms with Crippen molar-refractivity contribution in [3.8, 4) is 5.75 Å². The van der Waals surface area contributed by atoms with Gasteiger partial charge in [-0.1, -0.05) is 12.1 Å². The highest BCUT2D eigenvalue weighted by Gasteiger charge is 2.26. The standard InChI is InChI=1S/C20H27N3O2/c1-25-19-8-4-6-17(16-19)9-10-20(24)23-14-3-2-7-18(23)11-15-22-13-5-12-21-22/h4-6,8,12-13,16,18H,2-3,7,9-11,14-15H2,1H3. The van der Waals surface area contributed by atoms with Crippen LogP contribution in [0.2, 0.25) is 0 Å². The molecule has 0 bridgehead atoms. The molecular weight excluding hydrogens is 314 g/mol. The molecule has 1 amide bonds. The van der Waals surface area contributed by atoms with Crippen LogP contribution in [0.1, 0.15) is 37.7 Å². The van der Waals surface area contributed by atoms with Crippen LogP contribution in [0.4, 0.5) is 0 Å². The Morgan fingerprint density at radius 2 is 2.24 bits per heavy atom. The second-order valence-corrected chi connectivity index (χ2v) is 6.65. The number of hydrogen-bond acceptors (Lipinski definition) is 3. The van der Waals surface area contributed by atoms with E-state index in [1.165, 1.54) is 6.42 Å². The highest BCUT2D eigenvalue weighted by molar-refractivity contribution is 5.77. The van der Waals surface area contributed by atoms with Gasteiger partial charge in [0.25, 0.3) is 0 Å². The lowest BCUT2D eigenvalue weighted by molar-refractivity contribution is -0.135. The zero-order chi connectivity index (χ0) is 17.5. The Balaban J connectivity index is 1.54. The third-order valence-electron chi connectivity index (χ3n) is 4.96. The van der Waals surface area contributed by atoms with Crippen molar-refractivity contribution in [1.82, 2.24) is 14.7 Å². The Kier molecular flexibility index (Phi) is 6.09. The summed E-state index contributed by atoms with van der Waals surface area (Å²) in [7, 11) is 1.67. The van der Waals surface area contributed by atoms with Crippen LogP contribution in [-0.2, 0) is 17.8 Å². The lowest BCUT2D eigenvalue weighted by Crippen LogP contribution is -2.44. The number of aryl methyl sites for hydroxylation is 2. The van der Waals surface area contributed by atoms with Gasteiger partial charge >= 0.3 is 0 Å². The normalized spacial score (nSPS) is 17.5. The van der Waals surface area contributed by atoms with E-state index in [4.69, 9.17) is 4.74 Å². The number of likely N-dealkylation sites (tertiary alicyclic amines) is 1. The first-order chi connectivity index (χ1) is 12.3. The summed E-state index contributed by atoms with van der Waals surface area (Å²) in [6, 6.07) is 10.3. The van der Waals surface area contributed by atoms with Crippen molar-refractivity contribution in [2.24, 2.45) is 0 Å². The molecule has 2 heterocycles. The quantitative estimate of drug-likeness (QED) is 0.776. The second kappa shape index (κ2) is 8.70. The van der Waals surface area contributed by atoms with Crippen LogP contribution in [0.5, 0.6) is 5.75 Å². The summed E-state index contributed by atoms with van der Waals surface area (Å²) in [6.07, 6.45) is 9.52. The fraction of sp³-hybridized carbons (Fsp3) is 0.500. The van der Waals surface area contributed by atoms with Crippen molar-refractivity contribution in [1.29, 1.82) is 0 Å². The average Bonchev–Trinajstić information content (AvgIpc) is 3.18. The van der Waals surface area contributed by atoms with Gasteiger partial charge in [0.1, 0.15) is 5.75 Å². The molecule has 25 heavy (non-hydrogen) atoms. The number of amides is 1. The summed E-state index contributed by atoms with van der Waals surface area (Å²) in [5.41, 5.74) is 1.15. The maximum atomic E-state index is 12.8. The Labute approximate surface area is 149 Å². The molecule has 5 nitrogen and oxygen atoms in total. The number of carbonyl (C=O) groups is 1. The van der Waals surface area contributed by atoms with Crippen LogP contribution < -0.4 is 4.74 Å². The molecule has 0 radical (unpaired) electrons. The van der Waals surface area contributed by atoms with Crippen molar-refractivity contribution in [3.05, 3.63) is 48.3 Å². The topological polar surface area (TPSA) is 47.4 Å². The van der Waals surface area contributed by atoms with Crippen molar-refractivity contribution in [2.75, 3.05) is 13.7 Å². The molecule has 1 aliphatic rings. The molecule has 0 saturated carbocycles. The fourth-order valence-electron chi connectivity index (χ4n) is 3.57. The average molecular weight is 341 g/mol. The molecule has 134 valence electrons. The third-order valence-corrected chi connectivity index (χ3v) is 4.96. The Hall–Kier alpha value is -2.30. The number of piperidine rings is 1. The van der Waals surface area contributed by atoms with Gasteiger partial charge in [-0.25, -0.2) is 0 Å². The molecule has 1 aromatic heterocycles. The number of methoxy groups -OCH3 is 1. The molecule has 5 heteroatoms. The van der Waals surface area contributed by atoms with Crippen LogP contribution in [0.15, 0.2) is 42.7 Å². The van der Waals surface area contributed by atoms with Crippen LogP contribution in [0, 0.1) is 0 Å². The van der Waals surface area contributed by atoms with E-state index in [9.17, 15) is 4.79 Å². The smallest absolute Gasteiger partial charge is 0.223 e. The predicted molar refractivity (Wildman–Crippen MR) is 97.5 cm³/mol. The van der Waals surface area contributed by atoms with Gasteiger partial charge in [0.05, 0.1) is 7.11 Å². The zero-order valence-corrected chi connectivity index (χ0v) is 14.9. The Bertz CT molecular complexity index is 669. The Morgan fingerprint density at radius 1 is 1.32 bits per heavy atom. The van der Waals surface area contributed by atoms with Crippen molar-refractivity contribution in [2.45, 2.75) is 51.1 Å². The lowest BCUT2D eigenvalue weighted by Gasteiger charge is -2.36. The number of ether oxygens (including phenoxy) is 1. The van der Waals surface area contributed by atoms with Gasteiger partial charge in [0.15, 0.2) is 0 Å². The van der Waals surface area contributed by atoms with E-state index in [2.05, 4.69) is 16.1 Å². The molecule has 3 rings (SSSR count). The number of rotatable bonds is 7. The summed E-state index contributed by atoms with van der Waals surface area (Å²) in [6.45, 7) is 1.76. The number of carbonyl (C=O) groups excluding carboxylic acids is 1. The summed E-state index contributed by atoms with van der Waals surface area (Å²) in [4.78, 5) is 14.9. The van der Waals surface area contributed by atoms with Gasteiger partial charge in [0.2, 0.25) is 5.91 Å². The van der Waals surface area contributed by atoms with E-state index in [1.807, 2.05) is 35.1 Å². The minimum absolute atomic E-state index is 0.271. The van der Waals surface area contributed by atoms with E-state index in [-0.39, 0.29) is 5.91 Å². The highest BCUT2D eigenvalue weighted by atomic mass is 16.5. The van der Waals surface area contributed by atoms with Crippen molar-refractivity contribution >= 4 is 5.91 Å². The monoisotopic (exact) mass is 341 g/mol. The molecule has 2 aromatic rings. The third kappa shape index (κ3) is 4.84. The number of aromatic nitrogens is 2. The zero-order valence-electron chi connectivity index (χ0n) is 14.9. The lowest BCUT2D eigenvalue weighted by atomic mass is 9.98. The maximum Gasteiger partial charge on any atom is 0.223 e. The fourth-order valence-corrected chi connectivity index (χ4v) is 3.57. The molecular formula is C20H27N3O2. The summed E-state index contributed by atoms with van der Waals surface area (Å²) < 4.78 is 7.21. The summed E-state index contributed by atoms with van der Waals surface area (Å²) in [5.74, 6) is 1.12. The molecule has 0 N–H and O–H groups in total. The van der Waals surface area contributed by atoms with E-state index >= 15 is 0 Å². The van der Waals surface area contributed by atoms with Gasteiger partial charge in [-0.2, -0.15) is 5.10 Å². The van der Waals surface area contributed by atoms with E-state index < -0.39 is 0 Å².